The maximum absolute atomic E-state index is 11.8. The molecule has 2 rings (SSSR count). The standard InChI is InChI=1S/C16H16O3S/c1-18-16(17)14-10-12-6-2-3-7-13(12)11-15(14)19-8-4-5-9-20/h2-7,10-11,20H,8-9H2,1H3/b5-4+. The lowest BCUT2D eigenvalue weighted by Gasteiger charge is -2.10. The summed E-state index contributed by atoms with van der Waals surface area (Å²) in [5.74, 6) is 0.786. The molecular weight excluding hydrogens is 272 g/mol. The lowest BCUT2D eigenvalue weighted by Crippen LogP contribution is -2.06. The van der Waals surface area contributed by atoms with Crippen molar-refractivity contribution in [2.45, 2.75) is 0 Å². The van der Waals surface area contributed by atoms with Crippen molar-refractivity contribution in [2.75, 3.05) is 19.5 Å². The van der Waals surface area contributed by atoms with E-state index in [1.165, 1.54) is 7.11 Å². The summed E-state index contributed by atoms with van der Waals surface area (Å²) in [6.07, 6.45) is 3.76. The van der Waals surface area contributed by atoms with Crippen molar-refractivity contribution in [1.29, 1.82) is 0 Å². The summed E-state index contributed by atoms with van der Waals surface area (Å²) in [4.78, 5) is 11.8. The first-order valence-corrected chi connectivity index (χ1v) is 6.89. The van der Waals surface area contributed by atoms with Gasteiger partial charge in [-0.2, -0.15) is 12.6 Å². The van der Waals surface area contributed by atoms with Crippen molar-refractivity contribution in [3.8, 4) is 5.75 Å². The Balaban J connectivity index is 2.38. The van der Waals surface area contributed by atoms with Crippen molar-refractivity contribution in [3.05, 3.63) is 54.1 Å². The third-order valence-corrected chi connectivity index (χ3v) is 3.07. The molecule has 0 atom stereocenters. The van der Waals surface area contributed by atoms with Crippen molar-refractivity contribution in [2.24, 2.45) is 0 Å². The highest BCUT2D eigenvalue weighted by atomic mass is 32.1. The van der Waals surface area contributed by atoms with Gasteiger partial charge < -0.3 is 9.47 Å². The third kappa shape index (κ3) is 3.33. The number of carbonyl (C=O) groups excluding carboxylic acids is 1. The van der Waals surface area contributed by atoms with E-state index < -0.39 is 5.97 Å². The van der Waals surface area contributed by atoms with Gasteiger partial charge in [-0.1, -0.05) is 36.4 Å². The van der Waals surface area contributed by atoms with Gasteiger partial charge in [0.05, 0.1) is 7.11 Å². The molecule has 2 aromatic carbocycles. The molecular formula is C16H16O3S. The highest BCUT2D eigenvalue weighted by Gasteiger charge is 2.14. The molecule has 0 bridgehead atoms. The summed E-state index contributed by atoms with van der Waals surface area (Å²) in [7, 11) is 1.36. The maximum Gasteiger partial charge on any atom is 0.341 e. The zero-order valence-electron chi connectivity index (χ0n) is 11.2. The SMILES string of the molecule is COC(=O)c1cc2ccccc2cc1OC/C=C/CS. The minimum Gasteiger partial charge on any atom is -0.489 e. The highest BCUT2D eigenvalue weighted by Crippen LogP contribution is 2.26. The molecule has 0 saturated heterocycles. The fraction of sp³-hybridized carbons (Fsp3) is 0.188. The Labute approximate surface area is 123 Å². The average Bonchev–Trinajstić information content (AvgIpc) is 2.50. The Hall–Kier alpha value is -1.94. The van der Waals surface area contributed by atoms with Crippen LogP contribution in [0.2, 0.25) is 0 Å². The summed E-state index contributed by atoms with van der Waals surface area (Å²) < 4.78 is 10.5. The van der Waals surface area contributed by atoms with Gasteiger partial charge in [-0.15, -0.1) is 0 Å². The summed E-state index contributed by atoms with van der Waals surface area (Å²) in [5, 5.41) is 2.00. The number of hydrogen-bond acceptors (Lipinski definition) is 4. The molecule has 4 heteroatoms. The molecule has 0 saturated carbocycles. The van der Waals surface area contributed by atoms with Gasteiger partial charge in [0.1, 0.15) is 17.9 Å². The van der Waals surface area contributed by atoms with E-state index in [-0.39, 0.29) is 0 Å². The minimum atomic E-state index is -0.399. The molecule has 0 aliphatic heterocycles. The van der Waals surface area contributed by atoms with E-state index in [0.29, 0.717) is 23.7 Å². The smallest absolute Gasteiger partial charge is 0.341 e. The molecule has 0 fully saturated rings. The van der Waals surface area contributed by atoms with Gasteiger partial charge in [-0.05, 0) is 22.9 Å². The molecule has 0 heterocycles. The number of ether oxygens (including phenoxy) is 2. The van der Waals surface area contributed by atoms with Gasteiger partial charge in [-0.3, -0.25) is 0 Å². The first-order chi connectivity index (χ1) is 9.76. The predicted octanol–water partition coefficient (Wildman–Crippen LogP) is 3.49. The van der Waals surface area contributed by atoms with Crippen LogP contribution in [0.1, 0.15) is 10.4 Å². The first kappa shape index (κ1) is 14.5. The number of fused-ring (bicyclic) bond motifs is 1. The van der Waals surface area contributed by atoms with Gasteiger partial charge >= 0.3 is 5.97 Å². The molecule has 0 spiro atoms. The minimum absolute atomic E-state index is 0.392. The molecule has 0 aliphatic carbocycles. The third-order valence-electron chi connectivity index (χ3n) is 2.86. The van der Waals surface area contributed by atoms with Crippen LogP contribution in [0.15, 0.2) is 48.6 Å². The molecule has 0 unspecified atom stereocenters. The molecule has 0 aliphatic rings. The number of benzene rings is 2. The number of rotatable bonds is 5. The largest absolute Gasteiger partial charge is 0.489 e. The van der Waals surface area contributed by atoms with Gasteiger partial charge in [0.25, 0.3) is 0 Å². The van der Waals surface area contributed by atoms with Crippen LogP contribution in [0, 0.1) is 0 Å². The van der Waals surface area contributed by atoms with Crippen molar-refractivity contribution < 1.29 is 14.3 Å². The molecule has 0 radical (unpaired) electrons. The quantitative estimate of drug-likeness (QED) is 0.519. The van der Waals surface area contributed by atoms with Gasteiger partial charge in [-0.25, -0.2) is 4.79 Å². The number of carbonyl (C=O) groups is 1. The summed E-state index contributed by atoms with van der Waals surface area (Å²) in [6.45, 7) is 0.392. The lowest BCUT2D eigenvalue weighted by atomic mass is 10.1. The monoisotopic (exact) mass is 288 g/mol. The van der Waals surface area contributed by atoms with Crippen molar-refractivity contribution in [3.63, 3.8) is 0 Å². The molecule has 0 N–H and O–H groups in total. The van der Waals surface area contributed by atoms with E-state index in [0.717, 1.165) is 10.8 Å². The predicted molar refractivity (Wildman–Crippen MR) is 83.8 cm³/mol. The van der Waals surface area contributed by atoms with Crippen molar-refractivity contribution >= 4 is 29.4 Å². The van der Waals surface area contributed by atoms with Gasteiger partial charge in [0.15, 0.2) is 0 Å². The van der Waals surface area contributed by atoms with Crippen LogP contribution in [0.4, 0.5) is 0 Å². The number of methoxy groups -OCH3 is 1. The van der Waals surface area contributed by atoms with E-state index >= 15 is 0 Å². The maximum atomic E-state index is 11.8. The average molecular weight is 288 g/mol. The fourth-order valence-electron chi connectivity index (χ4n) is 1.89. The number of thiol groups is 1. The van der Waals surface area contributed by atoms with E-state index in [1.54, 1.807) is 6.07 Å². The topological polar surface area (TPSA) is 35.5 Å². The molecule has 3 nitrogen and oxygen atoms in total. The lowest BCUT2D eigenvalue weighted by molar-refractivity contribution is 0.0597. The molecule has 0 aromatic heterocycles. The summed E-state index contributed by atoms with van der Waals surface area (Å²) >= 11 is 4.08. The first-order valence-electron chi connectivity index (χ1n) is 6.26. The second-order valence-corrected chi connectivity index (χ2v) is 4.52. The van der Waals surface area contributed by atoms with Crippen LogP contribution in [-0.4, -0.2) is 25.4 Å². The Kier molecular flexibility index (Phi) is 5.07. The fourth-order valence-corrected chi connectivity index (χ4v) is 2.04. The molecule has 0 amide bonds. The van der Waals surface area contributed by atoms with Crippen LogP contribution in [0.5, 0.6) is 5.75 Å². The van der Waals surface area contributed by atoms with E-state index in [4.69, 9.17) is 9.47 Å². The molecule has 20 heavy (non-hydrogen) atoms. The van der Waals surface area contributed by atoms with Crippen LogP contribution in [0.3, 0.4) is 0 Å². The van der Waals surface area contributed by atoms with Gasteiger partial charge in [0.2, 0.25) is 0 Å². The summed E-state index contributed by atoms with van der Waals surface area (Å²) in [5.41, 5.74) is 0.436. The van der Waals surface area contributed by atoms with Crippen molar-refractivity contribution in [1.82, 2.24) is 0 Å². The molecule has 104 valence electrons. The Morgan fingerprint density at radius 3 is 2.55 bits per heavy atom. The second kappa shape index (κ2) is 7.01. The Morgan fingerprint density at radius 2 is 1.90 bits per heavy atom. The van der Waals surface area contributed by atoms with Gasteiger partial charge in [0, 0.05) is 5.75 Å². The number of esters is 1. The highest BCUT2D eigenvalue weighted by molar-refractivity contribution is 7.80. The normalized spacial score (nSPS) is 10.9. The van der Waals surface area contributed by atoms with Crippen LogP contribution in [-0.2, 0) is 4.74 Å². The van der Waals surface area contributed by atoms with E-state index in [1.807, 2.05) is 42.5 Å². The van der Waals surface area contributed by atoms with Crippen LogP contribution >= 0.6 is 12.6 Å². The van der Waals surface area contributed by atoms with E-state index in [9.17, 15) is 4.79 Å². The second-order valence-electron chi connectivity index (χ2n) is 4.15. The summed E-state index contributed by atoms with van der Waals surface area (Å²) in [6, 6.07) is 11.5. The van der Waals surface area contributed by atoms with Crippen LogP contribution in [0.25, 0.3) is 10.8 Å². The Morgan fingerprint density at radius 1 is 1.20 bits per heavy atom. The molecule has 2 aromatic rings. The zero-order valence-corrected chi connectivity index (χ0v) is 12.1. The van der Waals surface area contributed by atoms with Crippen LogP contribution < -0.4 is 4.74 Å². The number of hydrogen-bond donors (Lipinski definition) is 1. The van der Waals surface area contributed by atoms with E-state index in [2.05, 4.69) is 12.6 Å². The zero-order chi connectivity index (χ0) is 14.4. The Bertz CT molecular complexity index is 635.